The molecule has 4 nitrogen and oxygen atoms in total. The van der Waals surface area contributed by atoms with Crippen LogP contribution < -0.4 is 0 Å². The van der Waals surface area contributed by atoms with E-state index in [-0.39, 0.29) is 0 Å². The van der Waals surface area contributed by atoms with Crippen LogP contribution in [0, 0.1) is 0 Å². The van der Waals surface area contributed by atoms with Crippen molar-refractivity contribution in [3.63, 3.8) is 0 Å². The molecule has 1 heterocycles. The smallest absolute Gasteiger partial charge is 0.328 e. The maximum absolute atomic E-state index is 11.8. The number of carboxylic acid groups (broad SMARTS) is 1. The number of fused-ring (bicyclic) bond motifs is 1. The molecule has 0 amide bonds. The van der Waals surface area contributed by atoms with Crippen LogP contribution in [0.1, 0.15) is 18.9 Å². The van der Waals surface area contributed by atoms with Crippen molar-refractivity contribution in [2.24, 2.45) is 0 Å². The first-order chi connectivity index (χ1) is 9.02. The maximum Gasteiger partial charge on any atom is 0.328 e. The number of aromatic nitrogens is 1. The van der Waals surface area contributed by atoms with Gasteiger partial charge >= 0.3 is 5.97 Å². The van der Waals surface area contributed by atoms with Crippen LogP contribution in [-0.4, -0.2) is 35.1 Å². The predicted octanol–water partition coefficient (Wildman–Crippen LogP) is 2.49. The van der Waals surface area contributed by atoms with Gasteiger partial charge in [0.05, 0.1) is 5.52 Å². The summed E-state index contributed by atoms with van der Waals surface area (Å²) >= 11 is 0. The predicted molar refractivity (Wildman–Crippen MR) is 75.0 cm³/mol. The molecule has 0 fully saturated rings. The number of likely N-dealkylation sites (N-methyl/N-ethyl adjacent to an activating group) is 1. The summed E-state index contributed by atoms with van der Waals surface area (Å²) in [5.74, 6) is -0.850. The normalized spacial score (nSPS) is 14.5. The highest BCUT2D eigenvalue weighted by molar-refractivity contribution is 5.84. The average molecular weight is 258 g/mol. The Morgan fingerprint density at radius 1 is 1.37 bits per heavy atom. The van der Waals surface area contributed by atoms with Crippen molar-refractivity contribution in [1.29, 1.82) is 0 Å². The highest BCUT2D eigenvalue weighted by atomic mass is 16.4. The van der Waals surface area contributed by atoms with Crippen LogP contribution in [0.25, 0.3) is 10.9 Å². The van der Waals surface area contributed by atoms with Gasteiger partial charge in [0.2, 0.25) is 0 Å². The fourth-order valence-electron chi connectivity index (χ4n) is 2.54. The van der Waals surface area contributed by atoms with Crippen molar-refractivity contribution in [2.75, 3.05) is 14.1 Å². The standard InChI is InChI=1S/C15H18N2O2/c1-4-15(14(18)19,17(2)3)12-9-11-7-5-6-8-13(11)16-10-12/h5-10H,4H2,1-3H3,(H,18,19). The zero-order chi connectivity index (χ0) is 14.0. The van der Waals surface area contributed by atoms with Crippen molar-refractivity contribution in [3.05, 3.63) is 42.1 Å². The van der Waals surface area contributed by atoms with Gasteiger partial charge in [-0.1, -0.05) is 25.1 Å². The molecule has 0 saturated heterocycles. The summed E-state index contributed by atoms with van der Waals surface area (Å²) in [4.78, 5) is 17.9. The molecule has 2 aromatic rings. The van der Waals surface area contributed by atoms with E-state index in [1.54, 1.807) is 25.2 Å². The van der Waals surface area contributed by atoms with E-state index in [9.17, 15) is 9.90 Å². The van der Waals surface area contributed by atoms with E-state index in [0.717, 1.165) is 10.9 Å². The third kappa shape index (κ3) is 2.08. The molecule has 100 valence electrons. The van der Waals surface area contributed by atoms with Crippen molar-refractivity contribution in [3.8, 4) is 0 Å². The van der Waals surface area contributed by atoms with E-state index >= 15 is 0 Å². The lowest BCUT2D eigenvalue weighted by Crippen LogP contribution is -2.47. The molecule has 0 saturated carbocycles. The Labute approximate surface area is 112 Å². The van der Waals surface area contributed by atoms with Gasteiger partial charge in [-0.15, -0.1) is 0 Å². The fourth-order valence-corrected chi connectivity index (χ4v) is 2.54. The van der Waals surface area contributed by atoms with Gasteiger partial charge in [-0.3, -0.25) is 9.88 Å². The third-order valence-corrected chi connectivity index (χ3v) is 3.70. The summed E-state index contributed by atoms with van der Waals surface area (Å²) < 4.78 is 0. The second-order valence-electron chi connectivity index (χ2n) is 4.83. The van der Waals surface area contributed by atoms with Crippen LogP contribution in [0.5, 0.6) is 0 Å². The van der Waals surface area contributed by atoms with Gasteiger partial charge in [0, 0.05) is 17.1 Å². The lowest BCUT2D eigenvalue weighted by Gasteiger charge is -2.35. The van der Waals surface area contributed by atoms with E-state index < -0.39 is 11.5 Å². The second-order valence-corrected chi connectivity index (χ2v) is 4.83. The molecule has 0 bridgehead atoms. The van der Waals surface area contributed by atoms with E-state index in [0.29, 0.717) is 12.0 Å². The van der Waals surface area contributed by atoms with Gasteiger partial charge in [0.15, 0.2) is 0 Å². The van der Waals surface area contributed by atoms with Crippen LogP contribution in [0.4, 0.5) is 0 Å². The number of nitrogens with zero attached hydrogens (tertiary/aromatic N) is 2. The van der Waals surface area contributed by atoms with Crippen molar-refractivity contribution < 1.29 is 9.90 Å². The Bertz CT molecular complexity index is 610. The molecular weight excluding hydrogens is 240 g/mol. The minimum absolute atomic E-state index is 0.482. The first-order valence-electron chi connectivity index (χ1n) is 6.28. The maximum atomic E-state index is 11.8. The molecule has 1 unspecified atom stereocenters. The van der Waals surface area contributed by atoms with E-state index in [4.69, 9.17) is 0 Å². The van der Waals surface area contributed by atoms with Gasteiger partial charge in [0.25, 0.3) is 0 Å². The summed E-state index contributed by atoms with van der Waals surface area (Å²) in [5, 5.41) is 10.6. The number of aliphatic carboxylic acids is 1. The quantitative estimate of drug-likeness (QED) is 0.915. The Morgan fingerprint density at radius 2 is 2.05 bits per heavy atom. The summed E-state index contributed by atoms with van der Waals surface area (Å²) in [6.45, 7) is 1.88. The largest absolute Gasteiger partial charge is 0.480 e. The van der Waals surface area contributed by atoms with E-state index in [1.807, 2.05) is 37.3 Å². The molecule has 2 rings (SSSR count). The highest BCUT2D eigenvalue weighted by Gasteiger charge is 2.41. The molecule has 0 aliphatic carbocycles. The van der Waals surface area contributed by atoms with Crippen LogP contribution in [0.2, 0.25) is 0 Å². The first kappa shape index (κ1) is 13.5. The van der Waals surface area contributed by atoms with Crippen LogP contribution in [-0.2, 0) is 10.3 Å². The van der Waals surface area contributed by atoms with Gasteiger partial charge < -0.3 is 5.11 Å². The SMILES string of the molecule is CCC(C(=O)O)(c1cnc2ccccc2c1)N(C)C. The number of hydrogen-bond acceptors (Lipinski definition) is 3. The van der Waals surface area contributed by atoms with Crippen molar-refractivity contribution in [2.45, 2.75) is 18.9 Å². The average Bonchev–Trinajstić information content (AvgIpc) is 2.39. The topological polar surface area (TPSA) is 53.4 Å². The minimum Gasteiger partial charge on any atom is -0.480 e. The lowest BCUT2D eigenvalue weighted by atomic mass is 9.86. The molecule has 1 N–H and O–H groups in total. The molecule has 0 aliphatic rings. The molecule has 19 heavy (non-hydrogen) atoms. The minimum atomic E-state index is -1.03. The fraction of sp³-hybridized carbons (Fsp3) is 0.333. The van der Waals surface area contributed by atoms with Gasteiger partial charge in [-0.05, 0) is 32.6 Å². The first-order valence-corrected chi connectivity index (χ1v) is 6.28. The molecule has 0 radical (unpaired) electrons. The summed E-state index contributed by atoms with van der Waals surface area (Å²) in [5.41, 5.74) is 0.559. The molecular formula is C15H18N2O2. The summed E-state index contributed by atoms with van der Waals surface area (Å²) in [6, 6.07) is 9.63. The van der Waals surface area contributed by atoms with Crippen LogP contribution >= 0.6 is 0 Å². The number of benzene rings is 1. The Hall–Kier alpha value is -1.94. The number of carbonyl (C=O) groups is 1. The molecule has 4 heteroatoms. The molecule has 1 aromatic heterocycles. The summed E-state index contributed by atoms with van der Waals surface area (Å²) in [7, 11) is 3.57. The highest BCUT2D eigenvalue weighted by Crippen LogP contribution is 2.31. The molecule has 0 aliphatic heterocycles. The Balaban J connectivity index is 2.66. The Morgan fingerprint density at radius 3 is 2.63 bits per heavy atom. The molecule has 1 aromatic carbocycles. The third-order valence-electron chi connectivity index (χ3n) is 3.70. The number of para-hydroxylation sites is 1. The summed E-state index contributed by atoms with van der Waals surface area (Å²) in [6.07, 6.45) is 2.15. The lowest BCUT2D eigenvalue weighted by molar-refractivity contribution is -0.151. The molecule has 1 atom stereocenters. The second kappa shape index (κ2) is 4.97. The van der Waals surface area contributed by atoms with Crippen molar-refractivity contribution >= 4 is 16.9 Å². The number of rotatable bonds is 4. The van der Waals surface area contributed by atoms with Crippen LogP contribution in [0.3, 0.4) is 0 Å². The number of pyridine rings is 1. The van der Waals surface area contributed by atoms with Gasteiger partial charge in [-0.2, -0.15) is 0 Å². The monoisotopic (exact) mass is 258 g/mol. The van der Waals surface area contributed by atoms with Gasteiger partial charge in [0.1, 0.15) is 5.54 Å². The number of hydrogen-bond donors (Lipinski definition) is 1. The Kier molecular flexibility index (Phi) is 3.53. The zero-order valence-corrected chi connectivity index (χ0v) is 11.4. The van der Waals surface area contributed by atoms with Crippen LogP contribution in [0.15, 0.2) is 36.5 Å². The number of carboxylic acids is 1. The zero-order valence-electron chi connectivity index (χ0n) is 11.4. The van der Waals surface area contributed by atoms with Crippen molar-refractivity contribution in [1.82, 2.24) is 9.88 Å². The van der Waals surface area contributed by atoms with E-state index in [1.165, 1.54) is 0 Å². The van der Waals surface area contributed by atoms with E-state index in [2.05, 4.69) is 4.98 Å². The molecule has 0 spiro atoms. The van der Waals surface area contributed by atoms with Gasteiger partial charge in [-0.25, -0.2) is 4.79 Å².